The Balaban J connectivity index is 0.000000289. The van der Waals surface area contributed by atoms with Gasteiger partial charge in [-0.15, -0.1) is 0 Å². The van der Waals surface area contributed by atoms with E-state index in [1.807, 2.05) is 38.3 Å². The first-order valence-corrected chi connectivity index (χ1v) is 8.88. The Kier molecular flexibility index (Phi) is 8.79. The van der Waals surface area contributed by atoms with Gasteiger partial charge in [-0.2, -0.15) is 13.2 Å². The molecule has 0 spiro atoms. The fourth-order valence-corrected chi connectivity index (χ4v) is 2.19. The van der Waals surface area contributed by atoms with Crippen LogP contribution >= 0.6 is 0 Å². The first-order valence-electron chi connectivity index (χ1n) is 8.88. The van der Waals surface area contributed by atoms with Crippen molar-refractivity contribution in [3.8, 4) is 0 Å². The molecule has 2 aromatic carbocycles. The highest BCUT2D eigenvalue weighted by Crippen LogP contribution is 2.28. The third kappa shape index (κ3) is 7.69. The molecular weight excluding hydrogens is 349 g/mol. The number of rotatable bonds is 4. The number of aryl methyl sites for hydroxylation is 2. The topological polar surface area (TPSA) is 38.4 Å². The molecule has 2 N–H and O–H groups in total. The Labute approximate surface area is 159 Å². The van der Waals surface area contributed by atoms with E-state index in [-0.39, 0.29) is 0 Å². The van der Waals surface area contributed by atoms with Crippen LogP contribution in [-0.2, 0) is 6.18 Å². The van der Waals surface area contributed by atoms with Gasteiger partial charge in [-0.25, -0.2) is 0 Å². The molecule has 2 rings (SSSR count). The number of halogens is 3. The van der Waals surface area contributed by atoms with E-state index in [0.717, 1.165) is 53.0 Å². The summed E-state index contributed by atoms with van der Waals surface area (Å²) in [6.45, 7) is 7.92. The summed E-state index contributed by atoms with van der Waals surface area (Å²) in [4.78, 5) is 4.47. The van der Waals surface area contributed by atoms with Crippen LogP contribution in [0.3, 0.4) is 0 Å². The van der Waals surface area contributed by atoms with E-state index in [2.05, 4.69) is 18.0 Å². The summed E-state index contributed by atoms with van der Waals surface area (Å²) >= 11 is 0. The largest absolute Gasteiger partial charge is 0.416 e. The van der Waals surface area contributed by atoms with Gasteiger partial charge in [0.2, 0.25) is 0 Å². The molecule has 0 unspecified atom stereocenters. The number of alkyl halides is 3. The first kappa shape index (κ1) is 22.5. The molecule has 0 bridgehead atoms. The maximum absolute atomic E-state index is 11.9. The average Bonchev–Trinajstić information content (AvgIpc) is 2.61. The molecule has 0 heterocycles. The maximum atomic E-state index is 11.9. The van der Waals surface area contributed by atoms with Crippen molar-refractivity contribution in [3.63, 3.8) is 0 Å². The van der Waals surface area contributed by atoms with Gasteiger partial charge in [-0.05, 0) is 57.0 Å². The smallest absolute Gasteiger partial charge is 0.399 e. The highest BCUT2D eigenvalue weighted by molar-refractivity contribution is 5.74. The Morgan fingerprint density at radius 1 is 1.07 bits per heavy atom. The van der Waals surface area contributed by atoms with E-state index in [1.54, 1.807) is 6.92 Å². The number of hydrogen-bond acceptors (Lipinski definition) is 2. The molecule has 0 aliphatic heterocycles. The van der Waals surface area contributed by atoms with Crippen molar-refractivity contribution in [2.45, 2.75) is 46.7 Å². The van der Waals surface area contributed by atoms with Crippen LogP contribution in [0, 0.1) is 13.8 Å². The molecule has 0 aliphatic carbocycles. The van der Waals surface area contributed by atoms with E-state index in [0.29, 0.717) is 0 Å². The third-order valence-corrected chi connectivity index (χ3v) is 3.87. The Hall–Kier alpha value is -2.56. The molecule has 27 heavy (non-hydrogen) atoms. The first-order chi connectivity index (χ1) is 12.7. The summed E-state index contributed by atoms with van der Waals surface area (Å²) in [6.07, 6.45) is 1.93. The molecule has 0 aliphatic rings. The van der Waals surface area contributed by atoms with Crippen molar-refractivity contribution in [1.29, 1.82) is 0 Å². The minimum Gasteiger partial charge on any atom is -0.399 e. The zero-order chi connectivity index (χ0) is 20.4. The number of unbranched alkanes of at least 4 members (excludes halogenated alkanes) is 1. The predicted molar refractivity (Wildman–Crippen MR) is 109 cm³/mol. The second kappa shape index (κ2) is 10.6. The summed E-state index contributed by atoms with van der Waals surface area (Å²) in [5.74, 6) is 0. The summed E-state index contributed by atoms with van der Waals surface area (Å²) in [5.41, 5.74) is 10.1. The minimum absolute atomic E-state index is 0.594. The lowest BCUT2D eigenvalue weighted by Crippen LogP contribution is -2.03. The summed E-state index contributed by atoms with van der Waals surface area (Å²) < 4.78 is 35.8. The number of benzene rings is 2. The minimum atomic E-state index is -4.21. The van der Waals surface area contributed by atoms with Crippen molar-refractivity contribution >= 4 is 17.6 Å². The number of nitrogens with two attached hydrogens (primary N) is 1. The number of aliphatic imine (C=N–C) groups is 1. The lowest BCUT2D eigenvalue weighted by Gasteiger charge is -2.05. The Bertz CT molecular complexity index is 773. The van der Waals surface area contributed by atoms with Gasteiger partial charge < -0.3 is 5.73 Å². The van der Waals surface area contributed by atoms with Crippen LogP contribution in [0.1, 0.15) is 48.9 Å². The van der Waals surface area contributed by atoms with Gasteiger partial charge in [0.05, 0.1) is 11.3 Å². The molecule has 146 valence electrons. The van der Waals surface area contributed by atoms with Crippen LogP contribution < -0.4 is 5.73 Å². The van der Waals surface area contributed by atoms with E-state index >= 15 is 0 Å². The fourth-order valence-electron chi connectivity index (χ4n) is 2.19. The zero-order valence-corrected chi connectivity index (χ0v) is 16.3. The number of anilines is 1. The summed E-state index contributed by atoms with van der Waals surface area (Å²) in [7, 11) is 0. The molecule has 0 atom stereocenters. The SMILES string of the molecule is C/C=C(\N=CCCC)c1ccc(N)c(C)c1.Cc1ccc(C(F)(F)F)cc1. The molecule has 0 aromatic heterocycles. The lowest BCUT2D eigenvalue weighted by molar-refractivity contribution is -0.137. The molecule has 0 saturated heterocycles. The van der Waals surface area contributed by atoms with Gasteiger partial charge in [0.15, 0.2) is 0 Å². The van der Waals surface area contributed by atoms with Gasteiger partial charge in [-0.3, -0.25) is 4.99 Å². The van der Waals surface area contributed by atoms with Crippen LogP contribution in [-0.4, -0.2) is 6.21 Å². The van der Waals surface area contributed by atoms with Crippen LogP contribution in [0.4, 0.5) is 18.9 Å². The number of hydrogen-bond donors (Lipinski definition) is 1. The molecule has 0 amide bonds. The molecule has 0 fully saturated rings. The quantitative estimate of drug-likeness (QED) is 0.461. The van der Waals surface area contributed by atoms with Gasteiger partial charge in [-0.1, -0.05) is 43.2 Å². The van der Waals surface area contributed by atoms with Crippen molar-refractivity contribution in [1.82, 2.24) is 0 Å². The fraction of sp³-hybridized carbons (Fsp3) is 0.318. The number of nitrogens with zero attached hydrogens (tertiary/aromatic N) is 1. The number of nitrogen functional groups attached to an aromatic ring is 1. The molecule has 0 saturated carbocycles. The lowest BCUT2D eigenvalue weighted by atomic mass is 10.1. The summed E-state index contributed by atoms with van der Waals surface area (Å²) in [5, 5.41) is 0. The molecule has 2 nitrogen and oxygen atoms in total. The second-order valence-electron chi connectivity index (χ2n) is 6.21. The van der Waals surface area contributed by atoms with Crippen molar-refractivity contribution in [2.24, 2.45) is 4.99 Å². The highest BCUT2D eigenvalue weighted by atomic mass is 19.4. The maximum Gasteiger partial charge on any atom is 0.416 e. The average molecular weight is 376 g/mol. The second-order valence-corrected chi connectivity index (χ2v) is 6.21. The van der Waals surface area contributed by atoms with Gasteiger partial charge in [0.25, 0.3) is 0 Å². The Morgan fingerprint density at radius 2 is 1.70 bits per heavy atom. The predicted octanol–water partition coefficient (Wildman–Crippen LogP) is 6.82. The van der Waals surface area contributed by atoms with E-state index in [4.69, 9.17) is 5.73 Å². The molecular formula is C22H27F3N2. The van der Waals surface area contributed by atoms with E-state index in [1.165, 1.54) is 12.1 Å². The monoisotopic (exact) mass is 376 g/mol. The molecule has 5 heteroatoms. The van der Waals surface area contributed by atoms with Crippen LogP contribution in [0.2, 0.25) is 0 Å². The van der Waals surface area contributed by atoms with Crippen molar-refractivity contribution in [2.75, 3.05) is 5.73 Å². The highest BCUT2D eigenvalue weighted by Gasteiger charge is 2.29. The van der Waals surface area contributed by atoms with Crippen molar-refractivity contribution < 1.29 is 13.2 Å². The zero-order valence-electron chi connectivity index (χ0n) is 16.3. The van der Waals surface area contributed by atoms with Crippen molar-refractivity contribution in [3.05, 3.63) is 70.8 Å². The Morgan fingerprint density at radius 3 is 2.19 bits per heavy atom. The third-order valence-electron chi connectivity index (χ3n) is 3.87. The van der Waals surface area contributed by atoms with Gasteiger partial charge in [0.1, 0.15) is 0 Å². The van der Waals surface area contributed by atoms with E-state index < -0.39 is 11.7 Å². The van der Waals surface area contributed by atoms with Crippen LogP contribution in [0.5, 0.6) is 0 Å². The van der Waals surface area contributed by atoms with Gasteiger partial charge >= 0.3 is 6.18 Å². The number of allylic oxidation sites excluding steroid dienone is 1. The standard InChI is InChI=1S/C14H20N2.C8H7F3/c1-4-6-9-16-14(5-2)12-7-8-13(15)11(3)10-12;1-6-2-4-7(5-3-6)8(9,10)11/h5,7-10H,4,6,15H2,1-3H3;2-5H,1H3/b14-5-,16-9?;. The summed E-state index contributed by atoms with van der Waals surface area (Å²) in [6, 6.07) is 11.1. The van der Waals surface area contributed by atoms with Crippen LogP contribution in [0.25, 0.3) is 5.70 Å². The van der Waals surface area contributed by atoms with E-state index in [9.17, 15) is 13.2 Å². The normalized spacial score (nSPS) is 12.0. The molecule has 2 aromatic rings. The van der Waals surface area contributed by atoms with Crippen LogP contribution in [0.15, 0.2) is 53.5 Å². The molecule has 0 radical (unpaired) electrons. The van der Waals surface area contributed by atoms with Gasteiger partial charge in [0, 0.05) is 17.5 Å².